The number of amidine groups is 1. The van der Waals surface area contributed by atoms with Crippen molar-refractivity contribution in [3.63, 3.8) is 0 Å². The van der Waals surface area contributed by atoms with Crippen LogP contribution in [-0.2, 0) is 4.74 Å². The smallest absolute Gasteiger partial charge is 0.0957 e. The lowest BCUT2D eigenvalue weighted by molar-refractivity contribution is 0.0379. The molecule has 76 valence electrons. The molecule has 1 N–H and O–H groups in total. The Morgan fingerprint density at radius 2 is 2.31 bits per heavy atom. The lowest BCUT2D eigenvalue weighted by Gasteiger charge is -2.38. The van der Waals surface area contributed by atoms with Gasteiger partial charge in [0.2, 0.25) is 0 Å². The van der Waals surface area contributed by atoms with Crippen LogP contribution in [0, 0.1) is 5.41 Å². The average molecular weight is 184 g/mol. The number of hydrogen-bond donors (Lipinski definition) is 1. The van der Waals surface area contributed by atoms with Crippen LogP contribution in [-0.4, -0.2) is 36.5 Å². The molecule has 3 heteroatoms. The summed E-state index contributed by atoms with van der Waals surface area (Å²) in [6.45, 7) is 5.19. The first kappa shape index (κ1) is 10.5. The summed E-state index contributed by atoms with van der Waals surface area (Å²) in [5.74, 6) is 0.766. The fourth-order valence-corrected chi connectivity index (χ4v) is 1.95. The molecule has 0 spiro atoms. The van der Waals surface area contributed by atoms with Crippen LogP contribution >= 0.6 is 0 Å². The van der Waals surface area contributed by atoms with Crippen LogP contribution in [0.2, 0.25) is 0 Å². The topological polar surface area (TPSA) is 36.3 Å². The number of ether oxygens (including phenoxy) is 1. The Morgan fingerprint density at radius 1 is 1.62 bits per heavy atom. The first-order chi connectivity index (χ1) is 6.19. The normalized spacial score (nSPS) is 29.0. The van der Waals surface area contributed by atoms with E-state index in [1.165, 1.54) is 0 Å². The molecular weight excluding hydrogens is 164 g/mol. The molecule has 13 heavy (non-hydrogen) atoms. The highest BCUT2D eigenvalue weighted by Gasteiger charge is 2.25. The summed E-state index contributed by atoms with van der Waals surface area (Å²) in [6.07, 6.45) is 3.35. The van der Waals surface area contributed by atoms with Gasteiger partial charge in [-0.25, -0.2) is 0 Å². The molecular formula is C10H20N2O. The molecule has 0 saturated carbocycles. The maximum absolute atomic E-state index is 7.77. The Labute approximate surface area is 80.6 Å². The zero-order valence-electron chi connectivity index (χ0n) is 8.84. The van der Waals surface area contributed by atoms with Gasteiger partial charge in [0.15, 0.2) is 0 Å². The fourth-order valence-electron chi connectivity index (χ4n) is 1.95. The molecule has 0 aromatic rings. The third-order valence-corrected chi connectivity index (χ3v) is 2.84. The van der Waals surface area contributed by atoms with Crippen LogP contribution in [0.5, 0.6) is 0 Å². The van der Waals surface area contributed by atoms with Crippen LogP contribution in [0.15, 0.2) is 0 Å². The minimum absolute atomic E-state index is 0.399. The van der Waals surface area contributed by atoms with Gasteiger partial charge in [-0.1, -0.05) is 6.92 Å². The van der Waals surface area contributed by atoms with Gasteiger partial charge in [-0.2, -0.15) is 0 Å². The standard InChI is InChI=1S/C10H20N2O/c1-4-10(11)12-6-5-9(13-3)7-8(12)2/h8-9,11H,4-7H2,1-3H3. The van der Waals surface area contributed by atoms with E-state index in [1.807, 2.05) is 6.92 Å². The van der Waals surface area contributed by atoms with E-state index in [-0.39, 0.29) is 0 Å². The zero-order chi connectivity index (χ0) is 9.84. The number of hydrogen-bond acceptors (Lipinski definition) is 2. The molecule has 0 radical (unpaired) electrons. The van der Waals surface area contributed by atoms with Crippen molar-refractivity contribution in [2.75, 3.05) is 13.7 Å². The molecule has 2 atom stereocenters. The van der Waals surface area contributed by atoms with Crippen molar-refractivity contribution in [1.82, 2.24) is 4.90 Å². The Balaban J connectivity index is 2.48. The molecule has 0 aliphatic carbocycles. The molecule has 3 nitrogen and oxygen atoms in total. The van der Waals surface area contributed by atoms with Gasteiger partial charge in [0.25, 0.3) is 0 Å². The number of nitrogens with zero attached hydrogens (tertiary/aromatic N) is 1. The van der Waals surface area contributed by atoms with E-state index < -0.39 is 0 Å². The van der Waals surface area contributed by atoms with Crippen LogP contribution in [0.4, 0.5) is 0 Å². The SMILES string of the molecule is CCC(=N)N1CCC(OC)CC1C. The number of rotatable bonds is 2. The quantitative estimate of drug-likeness (QED) is 0.525. The second-order valence-electron chi connectivity index (χ2n) is 3.72. The lowest BCUT2D eigenvalue weighted by atomic mass is 10.0. The van der Waals surface area contributed by atoms with Crippen molar-refractivity contribution in [3.8, 4) is 0 Å². The van der Waals surface area contributed by atoms with Gasteiger partial charge in [-0.3, -0.25) is 5.41 Å². The van der Waals surface area contributed by atoms with Crippen molar-refractivity contribution >= 4 is 5.84 Å². The van der Waals surface area contributed by atoms with E-state index in [9.17, 15) is 0 Å². The van der Waals surface area contributed by atoms with Gasteiger partial charge in [0, 0.05) is 26.1 Å². The highest BCUT2D eigenvalue weighted by Crippen LogP contribution is 2.19. The van der Waals surface area contributed by atoms with Gasteiger partial charge in [0.05, 0.1) is 11.9 Å². The Bertz CT molecular complexity index is 182. The summed E-state index contributed by atoms with van der Waals surface area (Å²) < 4.78 is 5.33. The highest BCUT2D eigenvalue weighted by atomic mass is 16.5. The summed E-state index contributed by atoms with van der Waals surface area (Å²) in [5.41, 5.74) is 0. The van der Waals surface area contributed by atoms with Gasteiger partial charge < -0.3 is 9.64 Å². The summed E-state index contributed by atoms with van der Waals surface area (Å²) in [5, 5.41) is 7.77. The summed E-state index contributed by atoms with van der Waals surface area (Å²) in [7, 11) is 1.78. The monoisotopic (exact) mass is 184 g/mol. The number of nitrogens with one attached hydrogen (secondary N) is 1. The molecule has 0 amide bonds. The third kappa shape index (κ3) is 2.44. The molecule has 0 bridgehead atoms. The first-order valence-corrected chi connectivity index (χ1v) is 5.05. The predicted octanol–water partition coefficient (Wildman–Crippen LogP) is 1.87. The van der Waals surface area contributed by atoms with Gasteiger partial charge >= 0.3 is 0 Å². The summed E-state index contributed by atoms with van der Waals surface area (Å²) in [4.78, 5) is 2.19. The Morgan fingerprint density at radius 3 is 2.77 bits per heavy atom. The predicted molar refractivity (Wildman–Crippen MR) is 54.2 cm³/mol. The van der Waals surface area contributed by atoms with E-state index in [2.05, 4.69) is 11.8 Å². The van der Waals surface area contributed by atoms with Crippen LogP contribution in [0.25, 0.3) is 0 Å². The Hall–Kier alpha value is -0.570. The van der Waals surface area contributed by atoms with Crippen molar-refractivity contribution in [1.29, 1.82) is 5.41 Å². The second-order valence-corrected chi connectivity index (χ2v) is 3.72. The van der Waals surface area contributed by atoms with E-state index in [4.69, 9.17) is 10.1 Å². The summed E-state index contributed by atoms with van der Waals surface area (Å²) in [6, 6.07) is 0.464. The van der Waals surface area contributed by atoms with E-state index in [1.54, 1.807) is 7.11 Å². The van der Waals surface area contributed by atoms with Crippen LogP contribution in [0.3, 0.4) is 0 Å². The second kappa shape index (κ2) is 4.61. The molecule has 0 aromatic heterocycles. The van der Waals surface area contributed by atoms with E-state index in [0.717, 1.165) is 31.6 Å². The van der Waals surface area contributed by atoms with Gasteiger partial charge in [-0.05, 0) is 19.8 Å². The molecule has 1 saturated heterocycles. The minimum Gasteiger partial charge on any atom is -0.381 e. The third-order valence-electron chi connectivity index (χ3n) is 2.84. The maximum Gasteiger partial charge on any atom is 0.0957 e. The molecule has 1 heterocycles. The Kier molecular flexibility index (Phi) is 3.72. The van der Waals surface area contributed by atoms with Crippen molar-refractivity contribution in [2.45, 2.75) is 45.3 Å². The molecule has 1 aliphatic heterocycles. The maximum atomic E-state index is 7.77. The van der Waals surface area contributed by atoms with Gasteiger partial charge in [0.1, 0.15) is 0 Å². The van der Waals surface area contributed by atoms with Crippen molar-refractivity contribution in [3.05, 3.63) is 0 Å². The molecule has 1 fully saturated rings. The van der Waals surface area contributed by atoms with Crippen molar-refractivity contribution < 1.29 is 4.74 Å². The van der Waals surface area contributed by atoms with Crippen LogP contribution in [0.1, 0.15) is 33.1 Å². The summed E-state index contributed by atoms with van der Waals surface area (Å²) >= 11 is 0. The van der Waals surface area contributed by atoms with Crippen LogP contribution < -0.4 is 0 Å². The number of likely N-dealkylation sites (tertiary alicyclic amines) is 1. The number of piperidine rings is 1. The largest absolute Gasteiger partial charge is 0.381 e. The zero-order valence-corrected chi connectivity index (χ0v) is 8.84. The molecule has 1 aliphatic rings. The lowest BCUT2D eigenvalue weighted by Crippen LogP contribution is -2.46. The average Bonchev–Trinajstić information content (AvgIpc) is 2.16. The number of methoxy groups -OCH3 is 1. The highest BCUT2D eigenvalue weighted by molar-refractivity contribution is 5.79. The molecule has 0 aromatic carbocycles. The molecule has 2 unspecified atom stereocenters. The fraction of sp³-hybridized carbons (Fsp3) is 0.900. The minimum atomic E-state index is 0.399. The van der Waals surface area contributed by atoms with E-state index >= 15 is 0 Å². The van der Waals surface area contributed by atoms with Crippen molar-refractivity contribution in [2.24, 2.45) is 0 Å². The first-order valence-electron chi connectivity index (χ1n) is 5.05. The molecule has 1 rings (SSSR count). The van der Waals surface area contributed by atoms with Gasteiger partial charge in [-0.15, -0.1) is 0 Å². The van der Waals surface area contributed by atoms with E-state index in [0.29, 0.717) is 12.1 Å².